The van der Waals surface area contributed by atoms with Crippen LogP contribution in [0.25, 0.3) is 72.5 Å². The summed E-state index contributed by atoms with van der Waals surface area (Å²) in [6.07, 6.45) is 3.29. The molecule has 8 rings (SSSR count). The molecule has 0 fully saturated rings. The minimum absolute atomic E-state index is 0. The molecule has 0 atom stereocenters. The zero-order valence-corrected chi connectivity index (χ0v) is 30.5. The van der Waals surface area contributed by atoms with Crippen LogP contribution in [0.4, 0.5) is 0 Å². The van der Waals surface area contributed by atoms with Gasteiger partial charge < -0.3 is 8.98 Å². The van der Waals surface area contributed by atoms with Crippen molar-refractivity contribution in [3.05, 3.63) is 157 Å². The molecule has 8 aromatic rings. The summed E-state index contributed by atoms with van der Waals surface area (Å²) in [6.45, 7) is 9.13. The van der Waals surface area contributed by atoms with E-state index in [1.807, 2.05) is 6.07 Å². The number of nitrogens with zero attached hydrogens (tertiary/aromatic N) is 2. The summed E-state index contributed by atoms with van der Waals surface area (Å²) in [5.74, 6) is 1.40. The predicted molar refractivity (Wildman–Crippen MR) is 200 cm³/mol. The van der Waals surface area contributed by atoms with Crippen molar-refractivity contribution in [2.45, 2.75) is 39.5 Å². The number of hydrogen-bond donors (Lipinski definition) is 0. The standard InChI is InChI=1S/C45H37N2O.Ir/c1-29(2)37-26-36(32-15-9-6-10-16-32)27-38(30(3)4)44(37)47-42-18-12-11-17-41(42)46-45(47)40-28-48-43-24-23-35(25-39(40)43)34-21-19-33(20-22-34)31-13-7-5-8-14-31;/h5-27,29-30H,1-4H3;/q-1;. The average molecular weight is 814 g/mol. The fourth-order valence-corrected chi connectivity index (χ4v) is 6.84. The summed E-state index contributed by atoms with van der Waals surface area (Å²) < 4.78 is 8.47. The number of hydrogen-bond acceptors (Lipinski definition) is 2. The van der Waals surface area contributed by atoms with Gasteiger partial charge in [-0.05, 0) is 80.6 Å². The third kappa shape index (κ3) is 5.97. The maximum absolute atomic E-state index is 6.11. The van der Waals surface area contributed by atoms with Gasteiger partial charge in [-0.3, -0.25) is 4.98 Å². The van der Waals surface area contributed by atoms with Crippen molar-refractivity contribution in [2.24, 2.45) is 0 Å². The van der Waals surface area contributed by atoms with Gasteiger partial charge in [-0.2, -0.15) is 0 Å². The number of aromatic nitrogens is 2. The van der Waals surface area contributed by atoms with E-state index in [0.717, 1.165) is 44.5 Å². The van der Waals surface area contributed by atoms with Crippen molar-refractivity contribution in [2.75, 3.05) is 0 Å². The zero-order valence-electron chi connectivity index (χ0n) is 28.1. The first kappa shape index (κ1) is 32.5. The molecule has 243 valence electrons. The molecule has 0 N–H and O–H groups in total. The van der Waals surface area contributed by atoms with Crippen LogP contribution in [-0.2, 0) is 20.1 Å². The van der Waals surface area contributed by atoms with Crippen LogP contribution >= 0.6 is 0 Å². The molecule has 0 saturated heterocycles. The van der Waals surface area contributed by atoms with E-state index >= 15 is 0 Å². The molecule has 0 unspecified atom stereocenters. The first-order valence-corrected chi connectivity index (χ1v) is 16.8. The van der Waals surface area contributed by atoms with Crippen molar-refractivity contribution in [1.29, 1.82) is 0 Å². The van der Waals surface area contributed by atoms with Crippen LogP contribution in [0.2, 0.25) is 0 Å². The van der Waals surface area contributed by atoms with Gasteiger partial charge in [0.05, 0.1) is 16.9 Å². The Kier molecular flexibility index (Phi) is 8.94. The van der Waals surface area contributed by atoms with Crippen LogP contribution in [0.15, 0.2) is 144 Å². The van der Waals surface area contributed by atoms with Crippen LogP contribution in [-0.4, -0.2) is 9.55 Å². The molecule has 1 radical (unpaired) electrons. The fraction of sp³-hybridized carbons (Fsp3) is 0.133. The number of rotatable bonds is 7. The first-order valence-electron chi connectivity index (χ1n) is 16.8. The molecule has 3 nitrogen and oxygen atoms in total. The van der Waals surface area contributed by atoms with Crippen molar-refractivity contribution < 1.29 is 24.5 Å². The molecule has 2 aromatic heterocycles. The van der Waals surface area contributed by atoms with E-state index in [-0.39, 0.29) is 31.9 Å². The van der Waals surface area contributed by atoms with Gasteiger partial charge in [0.15, 0.2) is 0 Å². The monoisotopic (exact) mass is 814 g/mol. The quantitative estimate of drug-likeness (QED) is 0.150. The minimum Gasteiger partial charge on any atom is -0.557 e. The molecule has 0 aliphatic heterocycles. The van der Waals surface area contributed by atoms with Crippen LogP contribution in [0.5, 0.6) is 0 Å². The van der Waals surface area contributed by atoms with E-state index in [0.29, 0.717) is 0 Å². The van der Waals surface area contributed by atoms with Gasteiger partial charge in [0.1, 0.15) is 0 Å². The molecule has 2 heterocycles. The van der Waals surface area contributed by atoms with Crippen LogP contribution in [0.1, 0.15) is 50.7 Å². The van der Waals surface area contributed by atoms with E-state index in [1.165, 1.54) is 39.1 Å². The first-order chi connectivity index (χ1) is 23.5. The van der Waals surface area contributed by atoms with Crippen molar-refractivity contribution in [3.8, 4) is 50.5 Å². The Morgan fingerprint density at radius 1 is 0.551 bits per heavy atom. The van der Waals surface area contributed by atoms with Crippen LogP contribution < -0.4 is 0 Å². The van der Waals surface area contributed by atoms with Crippen molar-refractivity contribution >= 4 is 22.0 Å². The molecule has 0 aliphatic rings. The summed E-state index contributed by atoms with van der Waals surface area (Å²) in [7, 11) is 0. The smallest absolute Gasteiger partial charge is 0.0774 e. The molecule has 0 saturated carbocycles. The Morgan fingerprint density at radius 2 is 1.06 bits per heavy atom. The molecule has 0 amide bonds. The normalized spacial score (nSPS) is 11.5. The van der Waals surface area contributed by atoms with E-state index in [1.54, 1.807) is 0 Å². The van der Waals surface area contributed by atoms with Crippen LogP contribution in [0.3, 0.4) is 0 Å². The van der Waals surface area contributed by atoms with Gasteiger partial charge in [0, 0.05) is 37.6 Å². The fourth-order valence-electron chi connectivity index (χ4n) is 6.84. The molecule has 0 aliphatic carbocycles. The van der Waals surface area contributed by atoms with E-state index in [4.69, 9.17) is 9.40 Å². The molecule has 0 bridgehead atoms. The Bertz CT molecular complexity index is 2350. The van der Waals surface area contributed by atoms with Gasteiger partial charge in [0.2, 0.25) is 0 Å². The molecular formula is C45H37IrN2O-. The number of furan rings is 1. The maximum Gasteiger partial charge on any atom is 0.0774 e. The topological polar surface area (TPSA) is 31.0 Å². The van der Waals surface area contributed by atoms with Crippen molar-refractivity contribution in [1.82, 2.24) is 9.55 Å². The van der Waals surface area contributed by atoms with Crippen molar-refractivity contribution in [3.63, 3.8) is 0 Å². The Labute approximate surface area is 301 Å². The van der Waals surface area contributed by atoms with Gasteiger partial charge in [-0.1, -0.05) is 154 Å². The summed E-state index contributed by atoms with van der Waals surface area (Å²) in [5.41, 5.74) is 14.6. The number of imidazole rings is 1. The second-order valence-electron chi connectivity index (χ2n) is 13.2. The molecular weight excluding hydrogens is 777 g/mol. The summed E-state index contributed by atoms with van der Waals surface area (Å²) in [5, 5.41) is 0.995. The second-order valence-corrected chi connectivity index (χ2v) is 13.2. The minimum atomic E-state index is 0. The maximum atomic E-state index is 6.11. The zero-order chi connectivity index (χ0) is 32.8. The number of benzene rings is 6. The van der Waals surface area contributed by atoms with Crippen LogP contribution in [0, 0.1) is 6.26 Å². The Balaban J connectivity index is 0.00000378. The summed E-state index contributed by atoms with van der Waals surface area (Å²) in [6, 6.07) is 49.5. The SMILES string of the molecule is CC(C)c1cc(-c2ccccc2)cc(C(C)C)c1-n1c(-c2[c-]oc3ccc(-c4ccc(-c5ccccc5)cc4)cc23)nc2ccccc21.[Ir]. The second kappa shape index (κ2) is 13.5. The van der Waals surface area contributed by atoms with Gasteiger partial charge >= 0.3 is 0 Å². The third-order valence-corrected chi connectivity index (χ3v) is 9.37. The molecule has 6 aromatic carbocycles. The Morgan fingerprint density at radius 3 is 1.67 bits per heavy atom. The van der Waals surface area contributed by atoms with E-state index in [2.05, 4.69) is 172 Å². The number of para-hydroxylation sites is 2. The summed E-state index contributed by atoms with van der Waals surface area (Å²) in [4.78, 5) is 5.28. The molecule has 49 heavy (non-hydrogen) atoms. The van der Waals surface area contributed by atoms with Gasteiger partial charge in [-0.25, -0.2) is 0 Å². The van der Waals surface area contributed by atoms with E-state index < -0.39 is 0 Å². The largest absolute Gasteiger partial charge is 0.557 e. The summed E-state index contributed by atoms with van der Waals surface area (Å²) >= 11 is 0. The number of fused-ring (bicyclic) bond motifs is 2. The third-order valence-electron chi connectivity index (χ3n) is 9.37. The Hall–Kier alpha value is -5.02. The van der Waals surface area contributed by atoms with Gasteiger partial charge in [-0.15, -0.1) is 0 Å². The molecule has 4 heteroatoms. The predicted octanol–water partition coefficient (Wildman–Crippen LogP) is 12.5. The molecule has 0 spiro atoms. The van der Waals surface area contributed by atoms with E-state index in [9.17, 15) is 0 Å². The van der Waals surface area contributed by atoms with Gasteiger partial charge in [0.25, 0.3) is 0 Å². The average Bonchev–Trinajstić information content (AvgIpc) is 3.73.